The van der Waals surface area contributed by atoms with E-state index in [0.29, 0.717) is 11.5 Å². The first-order valence-electron chi connectivity index (χ1n) is 6.62. The van der Waals surface area contributed by atoms with E-state index in [1.54, 1.807) is 60.7 Å². The average Bonchev–Trinajstić information content (AvgIpc) is 2.54. The Balaban J connectivity index is 2.15. The van der Waals surface area contributed by atoms with Crippen LogP contribution in [0.1, 0.15) is 6.42 Å². The van der Waals surface area contributed by atoms with E-state index in [9.17, 15) is 9.36 Å². The Morgan fingerprint density at radius 2 is 1.41 bits per heavy atom. The largest absolute Gasteiger partial charge is 0.431 e. The maximum Gasteiger partial charge on any atom is 0.431 e. The third-order valence-electron chi connectivity index (χ3n) is 2.71. The van der Waals surface area contributed by atoms with Gasteiger partial charge in [0.25, 0.3) is 0 Å². The molecule has 0 aliphatic heterocycles. The van der Waals surface area contributed by atoms with Crippen LogP contribution < -0.4 is 14.5 Å². The van der Waals surface area contributed by atoms with Gasteiger partial charge in [-0.15, -0.1) is 0 Å². The first kappa shape index (κ1) is 16.1. The van der Waals surface area contributed by atoms with Crippen LogP contribution in [0.2, 0.25) is 0 Å². The van der Waals surface area contributed by atoms with Crippen molar-refractivity contribution in [3.8, 4) is 11.5 Å². The summed E-state index contributed by atoms with van der Waals surface area (Å²) in [5.74, 6) is 0.103. The average molecular weight is 321 g/mol. The number of hydrogen-bond donors (Lipinski definition) is 2. The number of para-hydroxylation sites is 2. The summed E-state index contributed by atoms with van der Waals surface area (Å²) in [6.45, 7) is 0. The topological polar surface area (TPSA) is 84.9 Å². The summed E-state index contributed by atoms with van der Waals surface area (Å²) in [7, 11) is -3.60. The molecule has 0 bridgehead atoms. The van der Waals surface area contributed by atoms with E-state index in [4.69, 9.17) is 14.3 Å². The molecule has 0 spiro atoms. The Labute approximate surface area is 128 Å². The van der Waals surface area contributed by atoms with Crippen molar-refractivity contribution in [1.82, 2.24) is 5.48 Å². The van der Waals surface area contributed by atoms with Crippen molar-refractivity contribution in [3.05, 3.63) is 60.7 Å². The standard InChI is InChI=1S/C15H16NO5P/c17-15(16-18)11-12-22(19,20-13-7-3-1-4-8-13)21-14-9-5-2-6-10-14/h1-10,18H,11-12H2,(H,16,17). The molecule has 2 aromatic rings. The highest BCUT2D eigenvalue weighted by atomic mass is 31.2. The molecule has 22 heavy (non-hydrogen) atoms. The summed E-state index contributed by atoms with van der Waals surface area (Å²) in [6, 6.07) is 17.1. The lowest BCUT2D eigenvalue weighted by Crippen LogP contribution is -2.20. The van der Waals surface area contributed by atoms with E-state index in [1.165, 1.54) is 5.48 Å². The van der Waals surface area contributed by atoms with E-state index < -0.39 is 13.5 Å². The molecule has 2 rings (SSSR count). The van der Waals surface area contributed by atoms with Gasteiger partial charge in [-0.2, -0.15) is 0 Å². The predicted octanol–water partition coefficient (Wildman–Crippen LogP) is 3.23. The molecule has 0 fully saturated rings. The first-order chi connectivity index (χ1) is 10.6. The minimum atomic E-state index is -3.60. The van der Waals surface area contributed by atoms with Crippen LogP contribution in [0.4, 0.5) is 0 Å². The summed E-state index contributed by atoms with van der Waals surface area (Å²) >= 11 is 0. The van der Waals surface area contributed by atoms with Crippen LogP contribution >= 0.6 is 7.60 Å². The van der Waals surface area contributed by atoms with Gasteiger partial charge in [0.1, 0.15) is 11.5 Å². The van der Waals surface area contributed by atoms with Gasteiger partial charge in [0.2, 0.25) is 5.91 Å². The molecule has 116 valence electrons. The molecule has 0 aliphatic rings. The van der Waals surface area contributed by atoms with Crippen LogP contribution in [0.15, 0.2) is 60.7 Å². The summed E-state index contributed by atoms with van der Waals surface area (Å²) in [5, 5.41) is 8.54. The molecule has 2 N–H and O–H groups in total. The minimum absolute atomic E-state index is 0.164. The fourth-order valence-corrected chi connectivity index (χ4v) is 3.27. The van der Waals surface area contributed by atoms with Gasteiger partial charge in [-0.25, -0.2) is 10.0 Å². The Morgan fingerprint density at radius 1 is 0.955 bits per heavy atom. The van der Waals surface area contributed by atoms with E-state index >= 15 is 0 Å². The molecule has 0 radical (unpaired) electrons. The van der Waals surface area contributed by atoms with Gasteiger partial charge in [-0.1, -0.05) is 36.4 Å². The molecule has 0 unspecified atom stereocenters. The van der Waals surface area contributed by atoms with Crippen LogP contribution in [-0.2, 0) is 9.36 Å². The van der Waals surface area contributed by atoms with Crippen LogP contribution in [-0.4, -0.2) is 17.3 Å². The lowest BCUT2D eigenvalue weighted by Gasteiger charge is -2.19. The lowest BCUT2D eigenvalue weighted by atomic mass is 10.3. The van der Waals surface area contributed by atoms with Crippen molar-refractivity contribution in [2.24, 2.45) is 0 Å². The van der Waals surface area contributed by atoms with Gasteiger partial charge in [-0.3, -0.25) is 10.0 Å². The molecule has 0 aromatic heterocycles. The zero-order chi connectivity index (χ0) is 15.8. The molecule has 0 saturated heterocycles. The van der Waals surface area contributed by atoms with Crippen LogP contribution in [0.25, 0.3) is 0 Å². The number of hydrogen-bond acceptors (Lipinski definition) is 5. The van der Waals surface area contributed by atoms with Crippen molar-refractivity contribution >= 4 is 13.5 Å². The van der Waals surface area contributed by atoms with Crippen molar-refractivity contribution < 1.29 is 23.6 Å². The Bertz CT molecular complexity index is 602. The van der Waals surface area contributed by atoms with Crippen molar-refractivity contribution in [2.75, 3.05) is 6.16 Å². The zero-order valence-electron chi connectivity index (χ0n) is 11.7. The zero-order valence-corrected chi connectivity index (χ0v) is 12.6. The monoisotopic (exact) mass is 321 g/mol. The van der Waals surface area contributed by atoms with Gasteiger partial charge >= 0.3 is 7.60 Å². The van der Waals surface area contributed by atoms with Crippen molar-refractivity contribution in [1.29, 1.82) is 0 Å². The third-order valence-corrected chi connectivity index (χ3v) is 4.46. The maximum absolute atomic E-state index is 12.9. The van der Waals surface area contributed by atoms with E-state index in [0.717, 1.165) is 0 Å². The Morgan fingerprint density at radius 3 is 1.82 bits per heavy atom. The number of amides is 1. The minimum Gasteiger partial charge on any atom is -0.416 e. The number of hydroxylamine groups is 1. The highest BCUT2D eigenvalue weighted by Gasteiger charge is 2.29. The number of benzene rings is 2. The molecule has 6 nitrogen and oxygen atoms in total. The summed E-state index contributed by atoms with van der Waals surface area (Å²) in [6.07, 6.45) is -0.351. The number of carbonyl (C=O) groups excluding carboxylic acids is 1. The SMILES string of the molecule is O=C(CCP(=O)(Oc1ccccc1)Oc1ccccc1)NO. The molecular formula is C15H16NO5P. The first-order valence-corrected chi connectivity index (χ1v) is 8.35. The van der Waals surface area contributed by atoms with Gasteiger partial charge in [0.15, 0.2) is 0 Å². The molecule has 0 saturated carbocycles. The second-order valence-electron chi connectivity index (χ2n) is 4.43. The van der Waals surface area contributed by atoms with Gasteiger partial charge < -0.3 is 9.05 Å². The summed E-state index contributed by atoms with van der Waals surface area (Å²) in [5.41, 5.74) is 1.49. The predicted molar refractivity (Wildman–Crippen MR) is 81.2 cm³/mol. The lowest BCUT2D eigenvalue weighted by molar-refractivity contribution is -0.128. The number of carbonyl (C=O) groups is 1. The van der Waals surface area contributed by atoms with Gasteiger partial charge in [0, 0.05) is 6.42 Å². The van der Waals surface area contributed by atoms with Crippen LogP contribution in [0.3, 0.4) is 0 Å². The van der Waals surface area contributed by atoms with Crippen molar-refractivity contribution in [3.63, 3.8) is 0 Å². The molecular weight excluding hydrogens is 305 g/mol. The number of rotatable bonds is 7. The fraction of sp³-hybridized carbons (Fsp3) is 0.133. The van der Waals surface area contributed by atoms with Gasteiger partial charge in [0.05, 0.1) is 6.16 Å². The Hall–Kier alpha value is -2.30. The maximum atomic E-state index is 12.9. The van der Waals surface area contributed by atoms with Crippen LogP contribution in [0, 0.1) is 0 Å². The Kier molecular flexibility index (Phi) is 5.58. The number of nitrogens with one attached hydrogen (secondary N) is 1. The second kappa shape index (κ2) is 7.64. The molecule has 7 heteroatoms. The molecule has 0 aliphatic carbocycles. The molecule has 0 heterocycles. The van der Waals surface area contributed by atoms with E-state index in [2.05, 4.69) is 0 Å². The molecule has 0 atom stereocenters. The van der Waals surface area contributed by atoms with Gasteiger partial charge in [-0.05, 0) is 24.3 Å². The summed E-state index contributed by atoms with van der Waals surface area (Å²) < 4.78 is 23.8. The highest BCUT2D eigenvalue weighted by Crippen LogP contribution is 2.48. The normalized spacial score (nSPS) is 10.8. The van der Waals surface area contributed by atoms with E-state index in [-0.39, 0.29) is 12.6 Å². The quantitative estimate of drug-likeness (QED) is 0.464. The fourth-order valence-electron chi connectivity index (χ4n) is 1.69. The second-order valence-corrected chi connectivity index (χ2v) is 6.46. The van der Waals surface area contributed by atoms with Crippen molar-refractivity contribution in [2.45, 2.75) is 6.42 Å². The van der Waals surface area contributed by atoms with Crippen LogP contribution in [0.5, 0.6) is 11.5 Å². The smallest absolute Gasteiger partial charge is 0.416 e. The third kappa shape index (κ3) is 4.91. The van der Waals surface area contributed by atoms with E-state index in [1.807, 2.05) is 0 Å². The molecule has 2 aromatic carbocycles. The summed E-state index contributed by atoms with van der Waals surface area (Å²) in [4.78, 5) is 11.2. The molecule has 1 amide bonds. The highest BCUT2D eigenvalue weighted by molar-refractivity contribution is 7.54.